The Bertz CT molecular complexity index is 539. The molecular formula is C14H18ClN3O. The number of rotatable bonds is 6. The normalized spacial score (nSPS) is 10.5. The van der Waals surface area contributed by atoms with E-state index in [0.29, 0.717) is 11.6 Å². The van der Waals surface area contributed by atoms with Crippen molar-refractivity contribution in [1.29, 1.82) is 0 Å². The van der Waals surface area contributed by atoms with Crippen LogP contribution < -0.4 is 10.1 Å². The van der Waals surface area contributed by atoms with Gasteiger partial charge in [-0.05, 0) is 18.6 Å². The van der Waals surface area contributed by atoms with E-state index in [0.717, 1.165) is 30.0 Å². The van der Waals surface area contributed by atoms with Crippen molar-refractivity contribution in [2.75, 3.05) is 12.4 Å². The number of aromatic nitrogens is 2. The summed E-state index contributed by atoms with van der Waals surface area (Å²) in [6.45, 7) is 3.77. The first kappa shape index (κ1) is 13.7. The lowest BCUT2D eigenvalue weighted by Crippen LogP contribution is -2.00. The van der Waals surface area contributed by atoms with Crippen molar-refractivity contribution < 1.29 is 4.74 Å². The van der Waals surface area contributed by atoms with Crippen LogP contribution in [0.4, 0.5) is 5.69 Å². The molecule has 1 N–H and O–H groups in total. The molecule has 2 aromatic rings. The van der Waals surface area contributed by atoms with Crippen molar-refractivity contribution in [3.05, 3.63) is 41.2 Å². The molecular weight excluding hydrogens is 262 g/mol. The minimum atomic E-state index is 0.682. The summed E-state index contributed by atoms with van der Waals surface area (Å²) < 4.78 is 7.13. The molecule has 19 heavy (non-hydrogen) atoms. The van der Waals surface area contributed by atoms with Crippen molar-refractivity contribution in [2.45, 2.75) is 26.4 Å². The fourth-order valence-electron chi connectivity index (χ4n) is 1.81. The molecule has 0 aliphatic heterocycles. The van der Waals surface area contributed by atoms with E-state index in [-0.39, 0.29) is 0 Å². The van der Waals surface area contributed by atoms with Crippen LogP contribution in [0.1, 0.15) is 18.9 Å². The minimum absolute atomic E-state index is 0.682. The van der Waals surface area contributed by atoms with Crippen molar-refractivity contribution in [3.63, 3.8) is 0 Å². The molecule has 5 heteroatoms. The predicted octanol–water partition coefficient (Wildman–Crippen LogP) is 3.57. The Hall–Kier alpha value is -1.68. The number of hydrogen-bond acceptors (Lipinski definition) is 3. The van der Waals surface area contributed by atoms with Gasteiger partial charge in [0.1, 0.15) is 5.75 Å². The van der Waals surface area contributed by atoms with E-state index < -0.39 is 0 Å². The van der Waals surface area contributed by atoms with E-state index in [1.54, 1.807) is 7.11 Å². The molecule has 0 radical (unpaired) electrons. The van der Waals surface area contributed by atoms with E-state index >= 15 is 0 Å². The molecule has 1 aromatic heterocycles. The van der Waals surface area contributed by atoms with Crippen molar-refractivity contribution >= 4 is 17.3 Å². The first-order chi connectivity index (χ1) is 9.22. The van der Waals surface area contributed by atoms with Crippen LogP contribution in [0, 0.1) is 0 Å². The molecule has 0 unspecified atom stereocenters. The maximum Gasteiger partial charge on any atom is 0.121 e. The Morgan fingerprint density at radius 2 is 2.26 bits per heavy atom. The van der Waals surface area contributed by atoms with Gasteiger partial charge in [-0.25, -0.2) is 0 Å². The smallest absolute Gasteiger partial charge is 0.121 e. The number of halogens is 1. The summed E-state index contributed by atoms with van der Waals surface area (Å²) >= 11 is 6.14. The molecule has 0 amide bonds. The summed E-state index contributed by atoms with van der Waals surface area (Å²) in [4.78, 5) is 0. The standard InChI is InChI=1S/C14H18ClN3O/c1-3-6-18-10-11(9-17-18)8-16-14-7-12(19-2)4-5-13(14)15/h4-5,7,9-10,16H,3,6,8H2,1-2H3. The van der Waals surface area contributed by atoms with Gasteiger partial charge in [0.15, 0.2) is 0 Å². The first-order valence-corrected chi connectivity index (χ1v) is 6.69. The molecule has 1 aromatic carbocycles. The predicted molar refractivity (Wildman–Crippen MR) is 77.8 cm³/mol. The number of methoxy groups -OCH3 is 1. The lowest BCUT2D eigenvalue weighted by molar-refractivity contribution is 0.415. The third kappa shape index (κ3) is 3.64. The number of nitrogens with zero attached hydrogens (tertiary/aromatic N) is 2. The van der Waals surface area contributed by atoms with Gasteiger partial charge in [-0.1, -0.05) is 18.5 Å². The summed E-state index contributed by atoms with van der Waals surface area (Å²) in [5.41, 5.74) is 2.00. The second kappa shape index (κ2) is 6.48. The first-order valence-electron chi connectivity index (χ1n) is 6.31. The average Bonchev–Trinajstić information content (AvgIpc) is 2.86. The summed E-state index contributed by atoms with van der Waals surface area (Å²) in [5.74, 6) is 0.786. The molecule has 1 heterocycles. The highest BCUT2D eigenvalue weighted by molar-refractivity contribution is 6.33. The average molecular weight is 280 g/mol. The van der Waals surface area contributed by atoms with Crippen molar-refractivity contribution in [1.82, 2.24) is 9.78 Å². The van der Waals surface area contributed by atoms with E-state index in [1.807, 2.05) is 35.3 Å². The zero-order chi connectivity index (χ0) is 13.7. The van der Waals surface area contributed by atoms with Crippen LogP contribution in [0.2, 0.25) is 5.02 Å². The summed E-state index contributed by atoms with van der Waals surface area (Å²) in [5, 5.41) is 8.27. The highest BCUT2D eigenvalue weighted by atomic mass is 35.5. The van der Waals surface area contributed by atoms with Crippen LogP contribution in [-0.4, -0.2) is 16.9 Å². The van der Waals surface area contributed by atoms with E-state index in [9.17, 15) is 0 Å². The monoisotopic (exact) mass is 279 g/mol. The fraction of sp³-hybridized carbons (Fsp3) is 0.357. The van der Waals surface area contributed by atoms with Gasteiger partial charge < -0.3 is 10.1 Å². The molecule has 0 aliphatic carbocycles. The van der Waals surface area contributed by atoms with Crippen molar-refractivity contribution in [3.8, 4) is 5.75 Å². The molecule has 0 saturated heterocycles. The van der Waals surface area contributed by atoms with Crippen LogP contribution in [0.3, 0.4) is 0 Å². The van der Waals surface area contributed by atoms with Crippen LogP contribution in [0.5, 0.6) is 5.75 Å². The van der Waals surface area contributed by atoms with E-state index in [4.69, 9.17) is 16.3 Å². The Kier molecular flexibility index (Phi) is 4.68. The summed E-state index contributed by atoms with van der Waals surface area (Å²) in [7, 11) is 1.64. The van der Waals surface area contributed by atoms with E-state index in [1.165, 1.54) is 0 Å². The molecule has 2 rings (SSSR count). The maximum absolute atomic E-state index is 6.14. The highest BCUT2D eigenvalue weighted by Gasteiger charge is 2.03. The van der Waals surface area contributed by atoms with Gasteiger partial charge >= 0.3 is 0 Å². The molecule has 102 valence electrons. The largest absolute Gasteiger partial charge is 0.497 e. The number of aryl methyl sites for hydroxylation is 1. The summed E-state index contributed by atoms with van der Waals surface area (Å²) in [6.07, 6.45) is 5.00. The second-order valence-corrected chi connectivity index (χ2v) is 4.72. The number of anilines is 1. The molecule has 0 aliphatic rings. The summed E-state index contributed by atoms with van der Waals surface area (Å²) in [6, 6.07) is 5.55. The van der Waals surface area contributed by atoms with E-state index in [2.05, 4.69) is 17.3 Å². The SMILES string of the molecule is CCCn1cc(CNc2cc(OC)ccc2Cl)cn1. The van der Waals surface area contributed by atoms with Gasteiger partial charge in [0, 0.05) is 30.9 Å². The molecule has 0 bridgehead atoms. The highest BCUT2D eigenvalue weighted by Crippen LogP contribution is 2.27. The van der Waals surface area contributed by atoms with Crippen LogP contribution in [0.25, 0.3) is 0 Å². The molecule has 0 saturated carbocycles. The number of nitrogens with one attached hydrogen (secondary N) is 1. The lowest BCUT2D eigenvalue weighted by atomic mass is 10.2. The van der Waals surface area contributed by atoms with Gasteiger partial charge in [0.2, 0.25) is 0 Å². The number of benzene rings is 1. The quantitative estimate of drug-likeness (QED) is 0.879. The Balaban J connectivity index is 2.01. The molecule has 0 fully saturated rings. The van der Waals surface area contributed by atoms with Gasteiger partial charge in [-0.2, -0.15) is 5.10 Å². The maximum atomic E-state index is 6.14. The Morgan fingerprint density at radius 3 is 3.00 bits per heavy atom. The zero-order valence-electron chi connectivity index (χ0n) is 11.2. The number of ether oxygens (including phenoxy) is 1. The lowest BCUT2D eigenvalue weighted by Gasteiger charge is -2.09. The van der Waals surface area contributed by atoms with Gasteiger partial charge in [-0.15, -0.1) is 0 Å². The van der Waals surface area contributed by atoms with Gasteiger partial charge in [0.05, 0.1) is 24.0 Å². The third-order valence-electron chi connectivity index (χ3n) is 2.80. The minimum Gasteiger partial charge on any atom is -0.497 e. The van der Waals surface area contributed by atoms with Crippen molar-refractivity contribution in [2.24, 2.45) is 0 Å². The molecule has 4 nitrogen and oxygen atoms in total. The van der Waals surface area contributed by atoms with Gasteiger partial charge in [0.25, 0.3) is 0 Å². The third-order valence-corrected chi connectivity index (χ3v) is 3.13. The van der Waals surface area contributed by atoms with Crippen LogP contribution in [0.15, 0.2) is 30.6 Å². The molecule has 0 spiro atoms. The fourth-order valence-corrected chi connectivity index (χ4v) is 2.00. The topological polar surface area (TPSA) is 39.1 Å². The van der Waals surface area contributed by atoms with Crippen LogP contribution >= 0.6 is 11.6 Å². The Morgan fingerprint density at radius 1 is 1.42 bits per heavy atom. The zero-order valence-corrected chi connectivity index (χ0v) is 11.9. The van der Waals surface area contributed by atoms with Gasteiger partial charge in [-0.3, -0.25) is 4.68 Å². The molecule has 0 atom stereocenters. The number of hydrogen-bond donors (Lipinski definition) is 1. The van der Waals surface area contributed by atoms with Crippen LogP contribution in [-0.2, 0) is 13.1 Å². The Labute approximate surface area is 118 Å². The second-order valence-electron chi connectivity index (χ2n) is 4.31.